The summed E-state index contributed by atoms with van der Waals surface area (Å²) < 4.78 is 43.0. The van der Waals surface area contributed by atoms with Crippen LogP contribution < -0.4 is 4.74 Å². The highest BCUT2D eigenvalue weighted by molar-refractivity contribution is 7.89. The van der Waals surface area contributed by atoms with Crippen LogP contribution in [0.25, 0.3) is 0 Å². The largest absolute Gasteiger partial charge is 0.497 e. The van der Waals surface area contributed by atoms with E-state index in [0.29, 0.717) is 12.2 Å². The number of nitrogens with zero attached hydrogens (tertiary/aromatic N) is 1. The summed E-state index contributed by atoms with van der Waals surface area (Å²) in [6.07, 6.45) is 1.27. The number of carboxylic acid groups (broad SMARTS) is 1. The van der Waals surface area contributed by atoms with Crippen molar-refractivity contribution < 1.29 is 37.6 Å². The fourth-order valence-electron chi connectivity index (χ4n) is 3.05. The van der Waals surface area contributed by atoms with E-state index >= 15 is 0 Å². The number of sulfonamides is 1. The van der Waals surface area contributed by atoms with Crippen LogP contribution in [-0.4, -0.2) is 68.6 Å². The Balaban J connectivity index is 2.03. The molecule has 0 spiro atoms. The van der Waals surface area contributed by atoms with E-state index in [1.54, 1.807) is 18.2 Å². The minimum absolute atomic E-state index is 0.0161. The van der Waals surface area contributed by atoms with Crippen molar-refractivity contribution in [3.8, 4) is 5.75 Å². The third-order valence-electron chi connectivity index (χ3n) is 4.85. The van der Waals surface area contributed by atoms with E-state index in [0.717, 1.165) is 4.31 Å². The van der Waals surface area contributed by atoms with Crippen LogP contribution in [0.15, 0.2) is 41.0 Å². The maximum Gasteiger partial charge on any atom is 0.370 e. The first-order valence-corrected chi connectivity index (χ1v) is 11.1. The Morgan fingerprint density at radius 3 is 2.47 bits per heavy atom. The van der Waals surface area contributed by atoms with E-state index < -0.39 is 22.3 Å². The standard InChI is InChI=1S/C20H29NO8S/c1-14(2)15-12-18(20(23)24)29-19(13-15)28-11-9-21(8-10-22)30(25,26)17-6-4-16(27-3)5-7-17/h4-7,12,14-15,19,22H,8-11,13H2,1-3H3,(H,23,24)/t15-,19+/m1/s1. The van der Waals surface area contributed by atoms with Crippen molar-refractivity contribution in [3.05, 3.63) is 36.1 Å². The number of allylic oxidation sites excluding steroid dienone is 1. The molecule has 0 fully saturated rings. The van der Waals surface area contributed by atoms with Crippen LogP contribution in [0.3, 0.4) is 0 Å². The lowest BCUT2D eigenvalue weighted by Gasteiger charge is -2.30. The molecule has 0 saturated carbocycles. The number of ether oxygens (including phenoxy) is 3. The normalized spacial score (nSPS) is 19.5. The van der Waals surface area contributed by atoms with Gasteiger partial charge in [-0.3, -0.25) is 0 Å². The van der Waals surface area contributed by atoms with Gasteiger partial charge in [0.25, 0.3) is 0 Å². The Kier molecular flexibility index (Phi) is 8.65. The molecule has 0 unspecified atom stereocenters. The van der Waals surface area contributed by atoms with Gasteiger partial charge < -0.3 is 24.4 Å². The Labute approximate surface area is 176 Å². The molecule has 30 heavy (non-hydrogen) atoms. The van der Waals surface area contributed by atoms with Crippen molar-refractivity contribution in [1.82, 2.24) is 4.31 Å². The van der Waals surface area contributed by atoms with Gasteiger partial charge in [-0.1, -0.05) is 13.8 Å². The third-order valence-corrected chi connectivity index (χ3v) is 6.76. The number of carboxylic acids is 1. The second-order valence-corrected chi connectivity index (χ2v) is 9.14. The molecule has 1 heterocycles. The molecule has 168 valence electrons. The van der Waals surface area contributed by atoms with E-state index in [2.05, 4.69) is 0 Å². The lowest BCUT2D eigenvalue weighted by Crippen LogP contribution is -2.38. The summed E-state index contributed by atoms with van der Waals surface area (Å²) in [5.41, 5.74) is 0. The second-order valence-electron chi connectivity index (χ2n) is 7.20. The fourth-order valence-corrected chi connectivity index (χ4v) is 4.46. The maximum absolute atomic E-state index is 12.9. The summed E-state index contributed by atoms with van der Waals surface area (Å²) in [7, 11) is -2.36. The molecule has 1 aromatic carbocycles. The van der Waals surface area contributed by atoms with Crippen LogP contribution in [0.4, 0.5) is 0 Å². The summed E-state index contributed by atoms with van der Waals surface area (Å²) >= 11 is 0. The highest BCUT2D eigenvalue weighted by atomic mass is 32.2. The monoisotopic (exact) mass is 443 g/mol. The number of aliphatic carboxylic acids is 1. The van der Waals surface area contributed by atoms with Crippen molar-refractivity contribution in [2.45, 2.75) is 31.5 Å². The predicted octanol–water partition coefficient (Wildman–Crippen LogP) is 1.68. The number of hydrogen-bond donors (Lipinski definition) is 2. The summed E-state index contributed by atoms with van der Waals surface area (Å²) in [6, 6.07) is 5.95. The summed E-state index contributed by atoms with van der Waals surface area (Å²) in [5.74, 6) is -0.620. The molecule has 2 rings (SSSR count). The fraction of sp³-hybridized carbons (Fsp3) is 0.550. The number of aliphatic hydroxyl groups is 1. The van der Waals surface area contributed by atoms with Gasteiger partial charge in [-0.15, -0.1) is 0 Å². The van der Waals surface area contributed by atoms with E-state index in [1.165, 1.54) is 19.2 Å². The van der Waals surface area contributed by atoms with Gasteiger partial charge in [-0.2, -0.15) is 4.31 Å². The zero-order chi connectivity index (χ0) is 22.3. The second kappa shape index (κ2) is 10.8. The molecule has 9 nitrogen and oxygen atoms in total. The van der Waals surface area contributed by atoms with E-state index in [1.807, 2.05) is 13.8 Å². The highest BCUT2D eigenvalue weighted by Crippen LogP contribution is 2.28. The Bertz CT molecular complexity index is 835. The Morgan fingerprint density at radius 2 is 1.93 bits per heavy atom. The molecule has 0 amide bonds. The van der Waals surface area contributed by atoms with Gasteiger partial charge in [-0.25, -0.2) is 13.2 Å². The smallest absolute Gasteiger partial charge is 0.370 e. The first-order valence-electron chi connectivity index (χ1n) is 9.67. The molecule has 0 aromatic heterocycles. The van der Waals surface area contributed by atoms with Gasteiger partial charge >= 0.3 is 5.97 Å². The molecule has 0 radical (unpaired) electrons. The average Bonchev–Trinajstić information content (AvgIpc) is 2.72. The lowest BCUT2D eigenvalue weighted by molar-refractivity contribution is -0.160. The molecule has 0 bridgehead atoms. The quantitative estimate of drug-likeness (QED) is 0.530. The number of methoxy groups -OCH3 is 1. The molecule has 2 atom stereocenters. The van der Waals surface area contributed by atoms with Crippen molar-refractivity contribution >= 4 is 16.0 Å². The van der Waals surface area contributed by atoms with Crippen LogP contribution in [-0.2, 0) is 24.3 Å². The SMILES string of the molecule is COc1ccc(S(=O)(=O)N(CCO)CCO[C@@H]2C[C@H](C(C)C)C=C(C(=O)O)O2)cc1. The first-order chi connectivity index (χ1) is 14.2. The third kappa shape index (κ3) is 6.18. The zero-order valence-corrected chi connectivity index (χ0v) is 18.2. The van der Waals surface area contributed by atoms with E-state index in [-0.39, 0.29) is 48.8 Å². The van der Waals surface area contributed by atoms with Crippen molar-refractivity contribution in [2.24, 2.45) is 11.8 Å². The van der Waals surface area contributed by atoms with Crippen LogP contribution in [0.5, 0.6) is 5.75 Å². The number of carbonyl (C=O) groups is 1. The molecule has 1 aliphatic heterocycles. The maximum atomic E-state index is 12.9. The van der Waals surface area contributed by atoms with E-state index in [9.17, 15) is 23.4 Å². The van der Waals surface area contributed by atoms with Gasteiger partial charge in [0.1, 0.15) is 5.75 Å². The minimum Gasteiger partial charge on any atom is -0.497 e. The highest BCUT2D eigenvalue weighted by Gasteiger charge is 2.30. The molecular formula is C20H29NO8S. The first kappa shape index (κ1) is 24.1. The molecule has 0 aliphatic carbocycles. The van der Waals surface area contributed by atoms with Crippen molar-refractivity contribution in [3.63, 3.8) is 0 Å². The number of hydrogen-bond acceptors (Lipinski definition) is 7. The van der Waals surface area contributed by atoms with E-state index in [4.69, 9.17) is 14.2 Å². The number of rotatable bonds is 11. The van der Waals surface area contributed by atoms with Crippen molar-refractivity contribution in [2.75, 3.05) is 33.4 Å². The van der Waals surface area contributed by atoms with Gasteiger partial charge in [0.05, 0.1) is 25.2 Å². The van der Waals surface area contributed by atoms with Crippen LogP contribution >= 0.6 is 0 Å². The van der Waals surface area contributed by atoms with Gasteiger partial charge in [-0.05, 0) is 42.2 Å². The topological polar surface area (TPSA) is 123 Å². The molecule has 1 aromatic rings. The summed E-state index contributed by atoms with van der Waals surface area (Å²) in [5, 5.41) is 18.5. The number of benzene rings is 1. The molecule has 2 N–H and O–H groups in total. The van der Waals surface area contributed by atoms with Crippen LogP contribution in [0, 0.1) is 11.8 Å². The molecule has 0 saturated heterocycles. The van der Waals surface area contributed by atoms with Gasteiger partial charge in [0, 0.05) is 19.5 Å². The van der Waals surface area contributed by atoms with Gasteiger partial charge in [0.15, 0.2) is 0 Å². The average molecular weight is 444 g/mol. The summed E-state index contributed by atoms with van der Waals surface area (Å²) in [6.45, 7) is 3.47. The molecule has 1 aliphatic rings. The predicted molar refractivity (Wildman–Crippen MR) is 108 cm³/mol. The summed E-state index contributed by atoms with van der Waals surface area (Å²) in [4.78, 5) is 11.4. The Hall–Kier alpha value is -2.14. The Morgan fingerprint density at radius 1 is 1.27 bits per heavy atom. The lowest BCUT2D eigenvalue weighted by atomic mass is 9.90. The number of aliphatic hydroxyl groups excluding tert-OH is 1. The zero-order valence-electron chi connectivity index (χ0n) is 17.4. The van der Waals surface area contributed by atoms with Crippen LogP contribution in [0.1, 0.15) is 20.3 Å². The van der Waals surface area contributed by atoms with Gasteiger partial charge in [0.2, 0.25) is 22.1 Å². The molecular weight excluding hydrogens is 414 g/mol. The van der Waals surface area contributed by atoms with Crippen molar-refractivity contribution in [1.29, 1.82) is 0 Å². The van der Waals surface area contributed by atoms with Crippen LogP contribution in [0.2, 0.25) is 0 Å². The molecule has 10 heteroatoms. The minimum atomic E-state index is -3.85.